The van der Waals surface area contributed by atoms with Crippen molar-refractivity contribution in [1.82, 2.24) is 20.0 Å². The number of hydrogen-bond donors (Lipinski definition) is 1. The predicted molar refractivity (Wildman–Crippen MR) is 116 cm³/mol. The molecule has 1 aromatic heterocycles. The number of carbonyl (C=O) groups excluding carboxylic acids is 1. The third kappa shape index (κ3) is 4.54. The van der Waals surface area contributed by atoms with Gasteiger partial charge in [-0.2, -0.15) is 5.10 Å². The lowest BCUT2D eigenvalue weighted by atomic mass is 10.1. The average molecular weight is 405 g/mol. The van der Waals surface area contributed by atoms with Gasteiger partial charge >= 0.3 is 0 Å². The fraction of sp³-hybridized carbons (Fsp3) is 0.333. The molecule has 0 unspecified atom stereocenters. The van der Waals surface area contributed by atoms with E-state index >= 15 is 0 Å². The van der Waals surface area contributed by atoms with Crippen LogP contribution >= 0.6 is 0 Å². The van der Waals surface area contributed by atoms with Gasteiger partial charge in [0, 0.05) is 55.6 Å². The smallest absolute Gasteiger partial charge is 0.251 e. The number of carbonyl (C=O) groups is 1. The Hall–Kier alpha value is -3.12. The molecule has 0 bridgehead atoms. The zero-order valence-electron chi connectivity index (χ0n) is 17.8. The van der Waals surface area contributed by atoms with E-state index in [0.717, 1.165) is 36.5 Å². The number of nitrogens with one attached hydrogen (secondary N) is 1. The molecule has 4 rings (SSSR count). The third-order valence-corrected chi connectivity index (χ3v) is 5.69. The van der Waals surface area contributed by atoms with Crippen LogP contribution in [0, 0.1) is 13.8 Å². The first-order chi connectivity index (χ1) is 14.5. The molecular formula is C24H28N4O2. The second-order valence-corrected chi connectivity index (χ2v) is 7.93. The summed E-state index contributed by atoms with van der Waals surface area (Å²) in [6.07, 6.45) is 1.93. The van der Waals surface area contributed by atoms with Gasteiger partial charge in [0.25, 0.3) is 5.91 Å². The van der Waals surface area contributed by atoms with Gasteiger partial charge in [0.2, 0.25) is 0 Å². The first kappa shape index (κ1) is 20.2. The van der Waals surface area contributed by atoms with E-state index < -0.39 is 0 Å². The summed E-state index contributed by atoms with van der Waals surface area (Å²) in [5, 5.41) is 7.36. The first-order valence-corrected chi connectivity index (χ1v) is 10.3. The summed E-state index contributed by atoms with van der Waals surface area (Å²) >= 11 is 0. The molecule has 2 aromatic carbocycles. The third-order valence-electron chi connectivity index (χ3n) is 5.69. The number of aromatic nitrogens is 2. The van der Waals surface area contributed by atoms with Crippen molar-refractivity contribution in [2.24, 2.45) is 7.05 Å². The molecule has 156 valence electrons. The van der Waals surface area contributed by atoms with E-state index in [1.165, 1.54) is 16.8 Å². The Morgan fingerprint density at radius 3 is 2.70 bits per heavy atom. The zero-order chi connectivity index (χ0) is 21.1. The summed E-state index contributed by atoms with van der Waals surface area (Å²) in [5.74, 6) is 0.785. The van der Waals surface area contributed by atoms with E-state index in [9.17, 15) is 4.79 Å². The van der Waals surface area contributed by atoms with E-state index in [-0.39, 0.29) is 5.91 Å². The normalized spacial score (nSPS) is 14.0. The molecule has 0 saturated heterocycles. The highest BCUT2D eigenvalue weighted by molar-refractivity contribution is 5.94. The van der Waals surface area contributed by atoms with Crippen LogP contribution in [-0.2, 0) is 26.7 Å². The van der Waals surface area contributed by atoms with Crippen LogP contribution in [0.15, 0.2) is 48.7 Å². The number of aryl methyl sites for hydroxylation is 2. The Balaban J connectivity index is 1.45. The SMILES string of the molecule is Cc1ccc(CNC(=O)c2ccc3c(c2)CN(Cc2cnn(C)c2C)CCO3)cc1. The molecule has 1 aliphatic heterocycles. The molecular weight excluding hydrogens is 376 g/mol. The predicted octanol–water partition coefficient (Wildman–Crippen LogP) is 3.36. The molecule has 3 aromatic rings. The van der Waals surface area contributed by atoms with Gasteiger partial charge in [-0.3, -0.25) is 14.4 Å². The van der Waals surface area contributed by atoms with Gasteiger partial charge in [-0.15, -0.1) is 0 Å². The highest BCUT2D eigenvalue weighted by atomic mass is 16.5. The maximum Gasteiger partial charge on any atom is 0.251 e. The van der Waals surface area contributed by atoms with Crippen LogP contribution in [-0.4, -0.2) is 33.7 Å². The molecule has 0 spiro atoms. The number of benzene rings is 2. The minimum absolute atomic E-state index is 0.0720. The molecule has 0 saturated carbocycles. The fourth-order valence-corrected chi connectivity index (χ4v) is 3.66. The maximum atomic E-state index is 12.7. The Bertz CT molecular complexity index is 1040. The second kappa shape index (κ2) is 8.71. The highest BCUT2D eigenvalue weighted by Crippen LogP contribution is 2.25. The van der Waals surface area contributed by atoms with Gasteiger partial charge in [-0.25, -0.2) is 0 Å². The summed E-state index contributed by atoms with van der Waals surface area (Å²) in [6, 6.07) is 13.9. The number of rotatable bonds is 5. The van der Waals surface area contributed by atoms with Crippen LogP contribution in [0.5, 0.6) is 5.75 Å². The van der Waals surface area contributed by atoms with E-state index in [0.29, 0.717) is 18.7 Å². The van der Waals surface area contributed by atoms with Crippen molar-refractivity contribution in [1.29, 1.82) is 0 Å². The lowest BCUT2D eigenvalue weighted by Crippen LogP contribution is -2.26. The first-order valence-electron chi connectivity index (χ1n) is 10.3. The van der Waals surface area contributed by atoms with E-state index in [4.69, 9.17) is 4.74 Å². The topological polar surface area (TPSA) is 59.4 Å². The molecule has 2 heterocycles. The van der Waals surface area contributed by atoms with Gasteiger partial charge in [-0.05, 0) is 37.6 Å². The van der Waals surface area contributed by atoms with Crippen LogP contribution in [0.25, 0.3) is 0 Å². The average Bonchev–Trinajstić information content (AvgIpc) is 2.94. The van der Waals surface area contributed by atoms with E-state index in [1.54, 1.807) is 0 Å². The van der Waals surface area contributed by atoms with Crippen molar-refractivity contribution in [3.8, 4) is 5.75 Å². The van der Waals surface area contributed by atoms with Crippen molar-refractivity contribution in [3.63, 3.8) is 0 Å². The minimum atomic E-state index is -0.0720. The minimum Gasteiger partial charge on any atom is -0.492 e. The van der Waals surface area contributed by atoms with E-state index in [2.05, 4.69) is 41.3 Å². The highest BCUT2D eigenvalue weighted by Gasteiger charge is 2.19. The van der Waals surface area contributed by atoms with Crippen LogP contribution < -0.4 is 10.1 Å². The summed E-state index contributed by atoms with van der Waals surface area (Å²) in [6.45, 7) is 7.66. The number of amides is 1. The quantitative estimate of drug-likeness (QED) is 0.708. The lowest BCUT2D eigenvalue weighted by molar-refractivity contribution is 0.0950. The number of fused-ring (bicyclic) bond motifs is 1. The van der Waals surface area contributed by atoms with Crippen molar-refractivity contribution in [2.75, 3.05) is 13.2 Å². The fourth-order valence-electron chi connectivity index (χ4n) is 3.66. The van der Waals surface area contributed by atoms with Gasteiger partial charge < -0.3 is 10.1 Å². The molecule has 0 atom stereocenters. The van der Waals surface area contributed by atoms with Crippen molar-refractivity contribution in [2.45, 2.75) is 33.5 Å². The van der Waals surface area contributed by atoms with Gasteiger partial charge in [0.05, 0.1) is 6.20 Å². The summed E-state index contributed by atoms with van der Waals surface area (Å²) in [4.78, 5) is 15.0. The molecule has 1 N–H and O–H groups in total. The standard InChI is InChI=1S/C24H28N4O2/c1-17-4-6-19(7-5-17)13-25-24(29)20-8-9-23-21(12-20)15-28(10-11-30-23)16-22-14-26-27(3)18(22)2/h4-9,12,14H,10-11,13,15-16H2,1-3H3,(H,25,29). The molecule has 1 aliphatic rings. The number of nitrogens with zero attached hydrogens (tertiary/aromatic N) is 3. The Labute approximate surface area is 177 Å². The maximum absolute atomic E-state index is 12.7. The Morgan fingerprint density at radius 1 is 1.17 bits per heavy atom. The van der Waals surface area contributed by atoms with Gasteiger partial charge in [-0.1, -0.05) is 29.8 Å². The number of hydrogen-bond acceptors (Lipinski definition) is 4. The zero-order valence-corrected chi connectivity index (χ0v) is 17.8. The lowest BCUT2D eigenvalue weighted by Gasteiger charge is -2.19. The molecule has 0 aliphatic carbocycles. The summed E-state index contributed by atoms with van der Waals surface area (Å²) in [5.41, 5.74) is 6.38. The van der Waals surface area contributed by atoms with Gasteiger partial charge in [0.15, 0.2) is 0 Å². The van der Waals surface area contributed by atoms with E-state index in [1.807, 2.05) is 48.3 Å². The molecule has 0 radical (unpaired) electrons. The molecule has 30 heavy (non-hydrogen) atoms. The van der Waals surface area contributed by atoms with Crippen molar-refractivity contribution in [3.05, 3.63) is 82.2 Å². The van der Waals surface area contributed by atoms with Crippen LogP contribution in [0.2, 0.25) is 0 Å². The monoisotopic (exact) mass is 404 g/mol. The van der Waals surface area contributed by atoms with Crippen LogP contribution in [0.3, 0.4) is 0 Å². The number of ether oxygens (including phenoxy) is 1. The Kier molecular flexibility index (Phi) is 5.86. The second-order valence-electron chi connectivity index (χ2n) is 7.93. The largest absolute Gasteiger partial charge is 0.492 e. The Morgan fingerprint density at radius 2 is 1.97 bits per heavy atom. The molecule has 6 nitrogen and oxygen atoms in total. The van der Waals surface area contributed by atoms with Crippen molar-refractivity contribution < 1.29 is 9.53 Å². The van der Waals surface area contributed by atoms with Crippen molar-refractivity contribution >= 4 is 5.91 Å². The molecule has 1 amide bonds. The summed E-state index contributed by atoms with van der Waals surface area (Å²) in [7, 11) is 1.96. The molecule has 6 heteroatoms. The van der Waals surface area contributed by atoms with Gasteiger partial charge in [0.1, 0.15) is 12.4 Å². The van der Waals surface area contributed by atoms with Crippen LogP contribution in [0.1, 0.15) is 38.3 Å². The molecule has 0 fully saturated rings. The summed E-state index contributed by atoms with van der Waals surface area (Å²) < 4.78 is 7.83. The van der Waals surface area contributed by atoms with Crippen LogP contribution in [0.4, 0.5) is 0 Å².